The maximum atomic E-state index is 12.9. The third kappa shape index (κ3) is 4.13. The van der Waals surface area contributed by atoms with Gasteiger partial charge in [-0.05, 0) is 36.4 Å². The van der Waals surface area contributed by atoms with Gasteiger partial charge in [-0.15, -0.1) is 0 Å². The van der Waals surface area contributed by atoms with Gasteiger partial charge in [0.2, 0.25) is 9.84 Å². The predicted molar refractivity (Wildman–Crippen MR) is 109 cm³/mol. The van der Waals surface area contributed by atoms with Crippen molar-refractivity contribution in [2.24, 2.45) is 7.05 Å². The van der Waals surface area contributed by atoms with Crippen molar-refractivity contribution in [1.82, 2.24) is 9.78 Å². The van der Waals surface area contributed by atoms with Crippen LogP contribution < -0.4 is 14.8 Å². The number of carbonyl (C=O) groups is 1. The van der Waals surface area contributed by atoms with E-state index < -0.39 is 21.8 Å². The summed E-state index contributed by atoms with van der Waals surface area (Å²) in [5.41, 5.74) is 1.27. The number of benzene rings is 2. The van der Waals surface area contributed by atoms with E-state index in [-0.39, 0.29) is 16.3 Å². The van der Waals surface area contributed by atoms with Crippen LogP contribution in [0.15, 0.2) is 53.4 Å². The number of hydrogen-bond acceptors (Lipinski definition) is 6. The summed E-state index contributed by atoms with van der Waals surface area (Å²) in [6, 6.07) is 10.8. The molecule has 1 N–H and O–H groups in total. The minimum Gasteiger partial charge on any atom is -0.497 e. The number of aromatic nitrogens is 2. The molecule has 0 saturated heterocycles. The van der Waals surface area contributed by atoms with Gasteiger partial charge in [0.05, 0.1) is 30.5 Å². The molecule has 3 rings (SSSR count). The molecule has 0 unspecified atom stereocenters. The van der Waals surface area contributed by atoms with Crippen molar-refractivity contribution in [3.63, 3.8) is 0 Å². The third-order valence-corrected chi connectivity index (χ3v) is 5.72. The molecule has 0 aliphatic rings. The van der Waals surface area contributed by atoms with Crippen molar-refractivity contribution < 1.29 is 27.1 Å². The van der Waals surface area contributed by atoms with Gasteiger partial charge >= 0.3 is 0 Å². The smallest absolute Gasteiger partial charge is 0.276 e. The Hall–Kier alpha value is -3.40. The lowest BCUT2D eigenvalue weighted by molar-refractivity contribution is 0.102. The highest BCUT2D eigenvalue weighted by Gasteiger charge is 2.22. The lowest BCUT2D eigenvalue weighted by Gasteiger charge is -2.10. The van der Waals surface area contributed by atoms with E-state index >= 15 is 0 Å². The highest BCUT2D eigenvalue weighted by Crippen LogP contribution is 2.33. The number of nitrogens with zero attached hydrogens (tertiary/aromatic N) is 2. The van der Waals surface area contributed by atoms with Crippen LogP contribution in [0, 0.1) is 0 Å². The molecule has 1 aromatic heterocycles. The van der Waals surface area contributed by atoms with Gasteiger partial charge in [0.1, 0.15) is 11.5 Å². The molecule has 0 aliphatic carbocycles. The van der Waals surface area contributed by atoms with E-state index in [9.17, 15) is 17.6 Å². The fourth-order valence-electron chi connectivity index (χ4n) is 2.93. The number of alkyl halides is 1. The van der Waals surface area contributed by atoms with Crippen molar-refractivity contribution in [1.29, 1.82) is 0 Å². The lowest BCUT2D eigenvalue weighted by Crippen LogP contribution is -2.16. The minimum absolute atomic E-state index is 0.0219. The quantitative estimate of drug-likeness (QED) is 0.615. The minimum atomic E-state index is -4.16. The van der Waals surface area contributed by atoms with Gasteiger partial charge in [-0.2, -0.15) is 5.10 Å². The van der Waals surface area contributed by atoms with Crippen molar-refractivity contribution in [3.05, 3.63) is 54.2 Å². The van der Waals surface area contributed by atoms with Crippen LogP contribution in [0.25, 0.3) is 11.3 Å². The average molecular weight is 433 g/mol. The van der Waals surface area contributed by atoms with Crippen molar-refractivity contribution in [2.45, 2.75) is 4.90 Å². The maximum absolute atomic E-state index is 12.9. The van der Waals surface area contributed by atoms with Crippen molar-refractivity contribution in [3.8, 4) is 22.8 Å². The number of halogens is 1. The van der Waals surface area contributed by atoms with Gasteiger partial charge in [0, 0.05) is 12.6 Å². The number of methoxy groups -OCH3 is 2. The molecule has 1 heterocycles. The molecule has 1 amide bonds. The number of rotatable bonds is 7. The molecule has 0 fully saturated rings. The number of ether oxygens (including phenoxy) is 2. The highest BCUT2D eigenvalue weighted by molar-refractivity contribution is 7.91. The van der Waals surface area contributed by atoms with E-state index in [2.05, 4.69) is 10.4 Å². The Labute approximate surface area is 173 Å². The zero-order chi connectivity index (χ0) is 21.9. The second-order valence-corrected chi connectivity index (χ2v) is 8.17. The molecule has 0 spiro atoms. The predicted octanol–water partition coefficient (Wildman–Crippen LogP) is 3.06. The van der Waals surface area contributed by atoms with Crippen LogP contribution in [0.5, 0.6) is 11.5 Å². The van der Waals surface area contributed by atoms with E-state index in [1.165, 1.54) is 43.2 Å². The van der Waals surface area contributed by atoms with Gasteiger partial charge < -0.3 is 14.8 Å². The molecule has 3 aromatic rings. The highest BCUT2D eigenvalue weighted by atomic mass is 32.2. The third-order valence-electron chi connectivity index (χ3n) is 4.41. The van der Waals surface area contributed by atoms with Crippen LogP contribution in [0.1, 0.15) is 10.5 Å². The summed E-state index contributed by atoms with van der Waals surface area (Å²) < 4.78 is 49.0. The molecule has 0 aliphatic heterocycles. The van der Waals surface area contributed by atoms with E-state index in [0.29, 0.717) is 22.8 Å². The zero-order valence-corrected chi connectivity index (χ0v) is 17.4. The van der Waals surface area contributed by atoms with Gasteiger partial charge in [-0.1, -0.05) is 12.1 Å². The molecule has 0 bridgehead atoms. The van der Waals surface area contributed by atoms with Gasteiger partial charge in [-0.3, -0.25) is 9.48 Å². The molecule has 10 heteroatoms. The van der Waals surface area contributed by atoms with Crippen LogP contribution in [0.4, 0.5) is 10.1 Å². The molecule has 8 nitrogen and oxygen atoms in total. The van der Waals surface area contributed by atoms with E-state index in [1.807, 2.05) is 0 Å². The summed E-state index contributed by atoms with van der Waals surface area (Å²) in [6.07, 6.45) is 0. The van der Waals surface area contributed by atoms with Crippen LogP contribution in [0.3, 0.4) is 0 Å². The molecule has 0 saturated carbocycles. The molecule has 158 valence electrons. The van der Waals surface area contributed by atoms with Crippen LogP contribution in [-0.2, 0) is 16.9 Å². The molecule has 0 atom stereocenters. The van der Waals surface area contributed by atoms with E-state index in [4.69, 9.17) is 9.47 Å². The van der Waals surface area contributed by atoms with Gasteiger partial charge in [0.25, 0.3) is 5.91 Å². The molecule has 0 radical (unpaired) electrons. The number of aryl methyl sites for hydroxylation is 1. The first-order valence-electron chi connectivity index (χ1n) is 8.76. The SMILES string of the molecule is COc1ccc(OC)c(-c2cc(C(=O)Nc3ccccc3S(=O)(=O)CF)nn2C)c1. The molecule has 30 heavy (non-hydrogen) atoms. The molecular formula is C20H20FN3O5S. The standard InChI is InChI=1S/C20H20FN3O5S/c1-24-17(14-10-13(28-2)8-9-18(14)29-3)11-16(23-24)20(25)22-15-6-4-5-7-19(15)30(26,27)12-21/h4-11H,12H2,1-3H3,(H,22,25). The Bertz CT molecular complexity index is 1190. The van der Waals surface area contributed by atoms with E-state index in [0.717, 1.165) is 0 Å². The second-order valence-electron chi connectivity index (χ2n) is 6.28. The van der Waals surface area contributed by atoms with Crippen LogP contribution in [0.2, 0.25) is 0 Å². The van der Waals surface area contributed by atoms with Crippen molar-refractivity contribution >= 4 is 21.4 Å². The number of hydrogen-bond donors (Lipinski definition) is 1. The Balaban J connectivity index is 1.97. The largest absolute Gasteiger partial charge is 0.497 e. The van der Waals surface area contributed by atoms with Crippen LogP contribution in [-0.4, -0.2) is 44.3 Å². The molecular weight excluding hydrogens is 413 g/mol. The van der Waals surface area contributed by atoms with Gasteiger partial charge in [-0.25, -0.2) is 12.8 Å². The zero-order valence-electron chi connectivity index (χ0n) is 16.5. The van der Waals surface area contributed by atoms with Crippen LogP contribution >= 0.6 is 0 Å². The summed E-state index contributed by atoms with van der Waals surface area (Å²) in [7, 11) is 0.566. The lowest BCUT2D eigenvalue weighted by atomic mass is 10.1. The fourth-order valence-corrected chi connectivity index (χ4v) is 3.79. The fraction of sp³-hybridized carbons (Fsp3) is 0.200. The summed E-state index contributed by atoms with van der Waals surface area (Å²) in [4.78, 5) is 12.4. The second kappa shape index (κ2) is 8.54. The monoisotopic (exact) mass is 433 g/mol. The Morgan fingerprint density at radius 3 is 2.53 bits per heavy atom. The average Bonchev–Trinajstić information content (AvgIpc) is 3.15. The van der Waals surface area contributed by atoms with Crippen molar-refractivity contribution in [2.75, 3.05) is 25.5 Å². The Morgan fingerprint density at radius 2 is 1.87 bits per heavy atom. The van der Waals surface area contributed by atoms with Gasteiger partial charge in [0.15, 0.2) is 11.7 Å². The summed E-state index contributed by atoms with van der Waals surface area (Å²) in [5.74, 6) is 0.522. The van der Waals surface area contributed by atoms with E-state index in [1.54, 1.807) is 31.3 Å². The number of para-hydroxylation sites is 1. The first-order chi connectivity index (χ1) is 14.3. The number of anilines is 1. The first-order valence-corrected chi connectivity index (χ1v) is 10.4. The Morgan fingerprint density at radius 1 is 1.13 bits per heavy atom. The summed E-state index contributed by atoms with van der Waals surface area (Å²) in [6.45, 7) is 0. The molecule has 2 aromatic carbocycles. The number of carbonyl (C=O) groups excluding carboxylic acids is 1. The Kier molecular flexibility index (Phi) is 6.06. The first kappa shape index (κ1) is 21.3. The summed E-state index contributed by atoms with van der Waals surface area (Å²) in [5, 5.41) is 6.70. The normalized spacial score (nSPS) is 11.2. The maximum Gasteiger partial charge on any atom is 0.276 e. The number of amides is 1. The number of nitrogens with one attached hydrogen (secondary N) is 1. The summed E-state index contributed by atoms with van der Waals surface area (Å²) >= 11 is 0. The topological polar surface area (TPSA) is 99.5 Å². The number of sulfone groups is 1.